The second-order valence-electron chi connectivity index (χ2n) is 4.92. The van der Waals surface area contributed by atoms with E-state index in [1.807, 2.05) is 32.9 Å². The van der Waals surface area contributed by atoms with E-state index >= 15 is 0 Å². The fourth-order valence-electron chi connectivity index (χ4n) is 2.37. The maximum Gasteiger partial charge on any atom is 0.257 e. The van der Waals surface area contributed by atoms with Gasteiger partial charge in [-0.15, -0.1) is 0 Å². The summed E-state index contributed by atoms with van der Waals surface area (Å²) in [6, 6.07) is 11.2. The summed E-state index contributed by atoms with van der Waals surface area (Å²) in [5.41, 5.74) is 7.80. The molecule has 0 bridgehead atoms. The van der Waals surface area contributed by atoms with Crippen LogP contribution in [0, 0.1) is 20.8 Å². The number of nitrogens with two attached hydrogens (primary N) is 1. The van der Waals surface area contributed by atoms with Crippen molar-refractivity contribution in [2.24, 2.45) is 5.84 Å². The van der Waals surface area contributed by atoms with Gasteiger partial charge in [0.25, 0.3) is 5.91 Å². The Kier molecular flexibility index (Phi) is 4.05. The minimum absolute atomic E-state index is 0.173. The molecule has 0 saturated heterocycles. The van der Waals surface area contributed by atoms with Gasteiger partial charge in [-0.05, 0) is 44.0 Å². The monoisotopic (exact) mass is 269 g/mol. The molecule has 0 saturated carbocycles. The number of amides is 1. The first kappa shape index (κ1) is 14.1. The van der Waals surface area contributed by atoms with E-state index in [1.165, 1.54) is 5.56 Å². The van der Waals surface area contributed by atoms with Gasteiger partial charge in [0.05, 0.1) is 11.3 Å². The molecule has 0 aliphatic rings. The molecule has 0 atom stereocenters. The molecule has 0 spiro atoms. The normalized spacial score (nSPS) is 10.2. The molecule has 1 amide bonds. The van der Waals surface area contributed by atoms with Crippen molar-refractivity contribution in [3.8, 4) is 0 Å². The SMILES string of the molecule is Cc1cc(C)c(NC(=O)c2ccccc2NN)c(C)c1. The molecule has 0 radical (unpaired) electrons. The third-order valence-electron chi connectivity index (χ3n) is 3.24. The Morgan fingerprint density at radius 3 is 2.25 bits per heavy atom. The molecule has 20 heavy (non-hydrogen) atoms. The van der Waals surface area contributed by atoms with Crippen LogP contribution in [-0.4, -0.2) is 5.91 Å². The van der Waals surface area contributed by atoms with E-state index in [9.17, 15) is 4.79 Å². The summed E-state index contributed by atoms with van der Waals surface area (Å²) in [4.78, 5) is 12.4. The van der Waals surface area contributed by atoms with Crippen LogP contribution in [0.1, 0.15) is 27.0 Å². The summed E-state index contributed by atoms with van der Waals surface area (Å²) in [6.07, 6.45) is 0. The molecule has 0 aliphatic carbocycles. The fourth-order valence-corrected chi connectivity index (χ4v) is 2.37. The van der Waals surface area contributed by atoms with Crippen molar-refractivity contribution >= 4 is 17.3 Å². The molecule has 2 aromatic carbocycles. The smallest absolute Gasteiger partial charge is 0.257 e. The standard InChI is InChI=1S/C16H19N3O/c1-10-8-11(2)15(12(3)9-10)18-16(20)13-6-4-5-7-14(13)19-17/h4-9,19H,17H2,1-3H3,(H,18,20). The Labute approximate surface area is 119 Å². The van der Waals surface area contributed by atoms with Crippen LogP contribution in [0.15, 0.2) is 36.4 Å². The molecule has 2 aromatic rings. The van der Waals surface area contributed by atoms with Crippen molar-refractivity contribution in [1.29, 1.82) is 0 Å². The Bertz CT molecular complexity index is 627. The van der Waals surface area contributed by atoms with Gasteiger partial charge < -0.3 is 10.7 Å². The van der Waals surface area contributed by atoms with Crippen molar-refractivity contribution in [3.05, 3.63) is 58.7 Å². The predicted molar refractivity (Wildman–Crippen MR) is 82.9 cm³/mol. The number of nitrogens with one attached hydrogen (secondary N) is 2. The number of rotatable bonds is 3. The van der Waals surface area contributed by atoms with Gasteiger partial charge in [0.15, 0.2) is 0 Å². The molecule has 2 rings (SSSR count). The maximum atomic E-state index is 12.4. The van der Waals surface area contributed by atoms with Crippen LogP contribution in [0.3, 0.4) is 0 Å². The topological polar surface area (TPSA) is 67.2 Å². The van der Waals surface area contributed by atoms with Crippen LogP contribution in [0.4, 0.5) is 11.4 Å². The van der Waals surface area contributed by atoms with Crippen LogP contribution in [-0.2, 0) is 0 Å². The van der Waals surface area contributed by atoms with Gasteiger partial charge in [-0.25, -0.2) is 0 Å². The third kappa shape index (κ3) is 2.81. The molecular formula is C16H19N3O. The van der Waals surface area contributed by atoms with Gasteiger partial charge >= 0.3 is 0 Å². The first-order valence-corrected chi connectivity index (χ1v) is 6.47. The molecular weight excluding hydrogens is 250 g/mol. The lowest BCUT2D eigenvalue weighted by Crippen LogP contribution is -2.18. The highest BCUT2D eigenvalue weighted by molar-refractivity contribution is 6.08. The van der Waals surface area contributed by atoms with Gasteiger partial charge in [0.2, 0.25) is 0 Å². The summed E-state index contributed by atoms with van der Waals surface area (Å²) in [5.74, 6) is 5.26. The lowest BCUT2D eigenvalue weighted by molar-refractivity contribution is 0.102. The predicted octanol–water partition coefficient (Wildman–Crippen LogP) is 3.15. The molecule has 0 aromatic heterocycles. The third-order valence-corrected chi connectivity index (χ3v) is 3.24. The Hall–Kier alpha value is -2.33. The lowest BCUT2D eigenvalue weighted by Gasteiger charge is -2.14. The molecule has 4 heteroatoms. The Morgan fingerprint density at radius 2 is 1.65 bits per heavy atom. The summed E-state index contributed by atoms with van der Waals surface area (Å²) in [5, 5.41) is 2.96. The second kappa shape index (κ2) is 5.75. The molecule has 104 valence electrons. The highest BCUT2D eigenvalue weighted by atomic mass is 16.1. The largest absolute Gasteiger partial charge is 0.323 e. The quantitative estimate of drug-likeness (QED) is 0.592. The van der Waals surface area contributed by atoms with Gasteiger partial charge in [-0.1, -0.05) is 29.8 Å². The maximum absolute atomic E-state index is 12.4. The van der Waals surface area contributed by atoms with Crippen LogP contribution in [0.5, 0.6) is 0 Å². The van der Waals surface area contributed by atoms with Crippen molar-refractivity contribution in [2.45, 2.75) is 20.8 Å². The van der Waals surface area contributed by atoms with E-state index in [1.54, 1.807) is 12.1 Å². The van der Waals surface area contributed by atoms with Crippen molar-refractivity contribution in [3.63, 3.8) is 0 Å². The van der Waals surface area contributed by atoms with E-state index in [0.717, 1.165) is 16.8 Å². The number of hydrazine groups is 1. The molecule has 0 aliphatic heterocycles. The minimum atomic E-state index is -0.173. The Balaban J connectivity index is 2.33. The van der Waals surface area contributed by atoms with Gasteiger partial charge in [-0.2, -0.15) is 0 Å². The zero-order chi connectivity index (χ0) is 14.7. The van der Waals surface area contributed by atoms with Crippen LogP contribution in [0.25, 0.3) is 0 Å². The molecule has 0 unspecified atom stereocenters. The number of benzene rings is 2. The number of carbonyl (C=O) groups is 1. The molecule has 0 heterocycles. The number of hydrogen-bond acceptors (Lipinski definition) is 3. The molecule has 0 fully saturated rings. The fraction of sp³-hybridized carbons (Fsp3) is 0.188. The van der Waals surface area contributed by atoms with E-state index in [0.29, 0.717) is 11.3 Å². The number of aryl methyl sites for hydroxylation is 3. The number of hydrogen-bond donors (Lipinski definition) is 3. The minimum Gasteiger partial charge on any atom is -0.323 e. The van der Waals surface area contributed by atoms with Gasteiger partial charge in [0, 0.05) is 5.69 Å². The zero-order valence-corrected chi connectivity index (χ0v) is 11.9. The number of anilines is 2. The summed E-state index contributed by atoms with van der Waals surface area (Å²) < 4.78 is 0. The van der Waals surface area contributed by atoms with Crippen LogP contribution < -0.4 is 16.6 Å². The summed E-state index contributed by atoms with van der Waals surface area (Å²) in [7, 11) is 0. The summed E-state index contributed by atoms with van der Waals surface area (Å²) in [6.45, 7) is 6.02. The molecule has 4 N–H and O–H groups in total. The van der Waals surface area contributed by atoms with Crippen molar-refractivity contribution in [1.82, 2.24) is 0 Å². The van der Waals surface area contributed by atoms with Gasteiger partial charge in [-0.3, -0.25) is 10.6 Å². The Morgan fingerprint density at radius 1 is 1.05 bits per heavy atom. The van der Waals surface area contributed by atoms with E-state index in [-0.39, 0.29) is 5.91 Å². The van der Waals surface area contributed by atoms with E-state index in [4.69, 9.17) is 5.84 Å². The first-order valence-electron chi connectivity index (χ1n) is 6.47. The highest BCUT2D eigenvalue weighted by Crippen LogP contribution is 2.23. The van der Waals surface area contributed by atoms with Crippen molar-refractivity contribution < 1.29 is 4.79 Å². The van der Waals surface area contributed by atoms with E-state index in [2.05, 4.69) is 22.9 Å². The van der Waals surface area contributed by atoms with Crippen LogP contribution >= 0.6 is 0 Å². The van der Waals surface area contributed by atoms with Gasteiger partial charge in [0.1, 0.15) is 0 Å². The lowest BCUT2D eigenvalue weighted by atomic mass is 10.0. The van der Waals surface area contributed by atoms with Crippen molar-refractivity contribution in [2.75, 3.05) is 10.7 Å². The highest BCUT2D eigenvalue weighted by Gasteiger charge is 2.13. The van der Waals surface area contributed by atoms with Crippen LogP contribution in [0.2, 0.25) is 0 Å². The number of carbonyl (C=O) groups excluding carboxylic acids is 1. The number of para-hydroxylation sites is 1. The number of nitrogen functional groups attached to an aromatic ring is 1. The zero-order valence-electron chi connectivity index (χ0n) is 11.9. The average Bonchev–Trinajstić information content (AvgIpc) is 2.42. The first-order chi connectivity index (χ1) is 9.52. The second-order valence-corrected chi connectivity index (χ2v) is 4.92. The average molecular weight is 269 g/mol. The summed E-state index contributed by atoms with van der Waals surface area (Å²) >= 11 is 0. The van der Waals surface area contributed by atoms with E-state index < -0.39 is 0 Å². The molecule has 4 nitrogen and oxygen atoms in total.